The first-order valence-electron chi connectivity index (χ1n) is 18.8. The zero-order valence-electron chi connectivity index (χ0n) is 33.9. The number of imide groups is 1. The lowest BCUT2D eigenvalue weighted by Gasteiger charge is -2.29. The molecule has 3 amide bonds. The van der Waals surface area contributed by atoms with Gasteiger partial charge in [-0.15, -0.1) is 0 Å². The molecule has 0 spiro atoms. The molecule has 1 aliphatic rings. The molecule has 2 atom stereocenters. The number of nitrogens with zero attached hydrogens (tertiary/aromatic N) is 3. The Morgan fingerprint density at radius 1 is 0.948 bits per heavy atom. The molecule has 13 nitrogen and oxygen atoms in total. The number of amides is 3. The molecule has 5 rings (SSSR count). The van der Waals surface area contributed by atoms with Crippen molar-refractivity contribution in [3.63, 3.8) is 0 Å². The monoisotopic (exact) mass is 823 g/mol. The number of alkyl halides is 2. The van der Waals surface area contributed by atoms with E-state index in [0.29, 0.717) is 51.7 Å². The normalized spacial score (nSPS) is 14.5. The Labute approximate surface area is 337 Å². The number of sulfone groups is 1. The Balaban J connectivity index is 1.56. The molecule has 1 aliphatic carbocycles. The number of aliphatic hydroxyl groups is 1. The van der Waals surface area contributed by atoms with Crippen molar-refractivity contribution in [2.24, 2.45) is 0 Å². The van der Waals surface area contributed by atoms with Gasteiger partial charge in [0, 0.05) is 36.6 Å². The first-order chi connectivity index (χ1) is 27.0. The van der Waals surface area contributed by atoms with Gasteiger partial charge in [0.15, 0.2) is 15.7 Å². The number of aromatic nitrogens is 1. The number of aryl methyl sites for hydroxylation is 1. The maximum atomic E-state index is 14.5. The van der Waals surface area contributed by atoms with E-state index in [0.717, 1.165) is 4.90 Å². The third kappa shape index (κ3) is 10.2. The van der Waals surface area contributed by atoms with Crippen LogP contribution in [0, 0.1) is 6.92 Å². The van der Waals surface area contributed by atoms with Crippen LogP contribution in [0.2, 0.25) is 0 Å². The van der Waals surface area contributed by atoms with Gasteiger partial charge in [-0.25, -0.2) is 31.8 Å². The second kappa shape index (κ2) is 16.9. The van der Waals surface area contributed by atoms with E-state index in [1.54, 1.807) is 78.8 Å². The largest absolute Gasteiger partial charge is 0.443 e. The number of pyridine rings is 1. The fourth-order valence-electron chi connectivity index (χ4n) is 6.47. The summed E-state index contributed by atoms with van der Waals surface area (Å²) in [5.41, 5.74) is 6.30. The molecule has 4 aromatic rings. The SMILES string of the molecule is Cc1cc(C(Nc2ccc3c(N(C(=O)OC(C)(C)C)C(=O)OC(C)(C)C)nccc3c2)C(=O)N(C)Cc2cc(N)ccc2S(=O)(=O)C2CC2)ccc1[C@H](CO)C(F)F. The average Bonchev–Trinajstić information content (AvgIpc) is 3.96. The summed E-state index contributed by atoms with van der Waals surface area (Å²) in [5, 5.41) is 13.4. The molecule has 16 heteroatoms. The minimum atomic E-state index is -3.65. The van der Waals surface area contributed by atoms with E-state index in [1.807, 2.05) is 0 Å². The number of nitrogens with one attached hydrogen (secondary N) is 1. The summed E-state index contributed by atoms with van der Waals surface area (Å²) < 4.78 is 65.5. The minimum absolute atomic E-state index is 0.0531. The number of hydrogen-bond donors (Lipinski definition) is 3. The highest BCUT2D eigenvalue weighted by atomic mass is 32.2. The number of likely N-dealkylation sites (N-methyl/N-ethyl adjacent to an activating group) is 1. The van der Waals surface area contributed by atoms with E-state index >= 15 is 0 Å². The van der Waals surface area contributed by atoms with Gasteiger partial charge in [-0.05, 0) is 131 Å². The molecule has 0 saturated heterocycles. The van der Waals surface area contributed by atoms with E-state index < -0.39 is 69.4 Å². The predicted octanol–water partition coefficient (Wildman–Crippen LogP) is 7.89. The summed E-state index contributed by atoms with van der Waals surface area (Å²) in [7, 11) is -2.13. The van der Waals surface area contributed by atoms with E-state index in [-0.39, 0.29) is 22.8 Å². The van der Waals surface area contributed by atoms with Gasteiger partial charge in [-0.2, -0.15) is 4.90 Å². The summed E-state index contributed by atoms with van der Waals surface area (Å²) >= 11 is 0. The number of aliphatic hydroxyl groups excluding tert-OH is 1. The number of hydrogen-bond acceptors (Lipinski definition) is 11. The van der Waals surface area contributed by atoms with Gasteiger partial charge in [0.2, 0.25) is 12.3 Å². The van der Waals surface area contributed by atoms with E-state index in [4.69, 9.17) is 15.2 Å². The predicted molar refractivity (Wildman–Crippen MR) is 218 cm³/mol. The fraction of sp³-hybridized carbons (Fsp3) is 0.429. The van der Waals surface area contributed by atoms with Crippen molar-refractivity contribution >= 4 is 55.9 Å². The van der Waals surface area contributed by atoms with Crippen LogP contribution in [0.4, 0.5) is 35.6 Å². The van der Waals surface area contributed by atoms with Crippen molar-refractivity contribution in [2.75, 3.05) is 29.6 Å². The average molecular weight is 824 g/mol. The van der Waals surface area contributed by atoms with Crippen molar-refractivity contribution in [2.45, 2.75) is 108 Å². The zero-order valence-corrected chi connectivity index (χ0v) is 34.7. The zero-order chi connectivity index (χ0) is 42.9. The van der Waals surface area contributed by atoms with Gasteiger partial charge in [0.1, 0.15) is 17.2 Å². The van der Waals surface area contributed by atoms with Crippen molar-refractivity contribution in [3.8, 4) is 0 Å². The molecule has 312 valence electrons. The minimum Gasteiger partial charge on any atom is -0.443 e. The van der Waals surface area contributed by atoms with Gasteiger partial charge < -0.3 is 30.5 Å². The van der Waals surface area contributed by atoms with Crippen LogP contribution in [-0.4, -0.2) is 78.0 Å². The first-order valence-corrected chi connectivity index (χ1v) is 20.3. The quantitative estimate of drug-likeness (QED) is 0.118. The Morgan fingerprint density at radius 3 is 2.14 bits per heavy atom. The van der Waals surface area contributed by atoms with Crippen LogP contribution in [0.3, 0.4) is 0 Å². The van der Waals surface area contributed by atoms with Crippen LogP contribution in [0.25, 0.3) is 10.8 Å². The summed E-state index contributed by atoms with van der Waals surface area (Å²) in [4.78, 5) is 48.0. The standard InChI is InChI=1S/C42H51F2N5O8S/c1-24-19-26(9-14-31(24)33(23-50)36(43)44)35(38(51)48(8)22-27-20-28(45)10-16-34(27)58(54,55)30-12-13-30)47-29-11-15-32-25(21-29)17-18-46-37(32)49(39(52)56-41(2,3)4)40(53)57-42(5,6)7/h9-11,14-21,30,33,35-36,47,50H,12-13,22-23,45H2,1-8H3/t33-,35?/m0/s1. The summed E-state index contributed by atoms with van der Waals surface area (Å²) in [5.74, 6) is -1.98. The Morgan fingerprint density at radius 2 is 1.59 bits per heavy atom. The topological polar surface area (TPSA) is 181 Å². The first kappa shape index (κ1) is 43.8. The summed E-state index contributed by atoms with van der Waals surface area (Å²) in [6.45, 7) is 10.7. The van der Waals surface area contributed by atoms with Crippen LogP contribution in [-0.2, 0) is 30.7 Å². The molecule has 1 saturated carbocycles. The molecular formula is C42H51F2N5O8S. The van der Waals surface area contributed by atoms with Gasteiger partial charge in [-0.3, -0.25) is 4.79 Å². The third-order valence-electron chi connectivity index (χ3n) is 9.33. The lowest BCUT2D eigenvalue weighted by Crippen LogP contribution is -2.44. The lowest BCUT2D eigenvalue weighted by atomic mass is 9.92. The molecule has 1 fully saturated rings. The molecule has 58 heavy (non-hydrogen) atoms. The van der Waals surface area contributed by atoms with Crippen molar-refractivity contribution in [1.82, 2.24) is 9.88 Å². The van der Waals surface area contributed by atoms with E-state index in [2.05, 4.69) is 10.3 Å². The molecule has 3 aromatic carbocycles. The number of anilines is 3. The van der Waals surface area contributed by atoms with Gasteiger partial charge >= 0.3 is 12.2 Å². The maximum Gasteiger partial charge on any atom is 0.425 e. The Bertz CT molecular complexity index is 2280. The van der Waals surface area contributed by atoms with Gasteiger partial charge in [0.05, 0.1) is 22.7 Å². The molecule has 1 heterocycles. The van der Waals surface area contributed by atoms with Crippen molar-refractivity contribution < 1.29 is 46.2 Å². The number of nitrogens with two attached hydrogens (primary N) is 1. The van der Waals surface area contributed by atoms with E-state index in [1.165, 1.54) is 48.5 Å². The Kier molecular flexibility index (Phi) is 12.7. The van der Waals surface area contributed by atoms with Gasteiger partial charge in [0.25, 0.3) is 0 Å². The van der Waals surface area contributed by atoms with Crippen LogP contribution >= 0.6 is 0 Å². The molecule has 1 aromatic heterocycles. The van der Waals surface area contributed by atoms with Crippen LogP contribution < -0.4 is 16.0 Å². The molecular weight excluding hydrogens is 773 g/mol. The highest BCUT2D eigenvalue weighted by Gasteiger charge is 2.39. The van der Waals surface area contributed by atoms with Crippen LogP contribution in [0.15, 0.2) is 71.8 Å². The lowest BCUT2D eigenvalue weighted by molar-refractivity contribution is -0.131. The number of halogens is 2. The fourth-order valence-corrected chi connectivity index (χ4v) is 8.33. The molecule has 0 radical (unpaired) electrons. The van der Waals surface area contributed by atoms with E-state index in [9.17, 15) is 36.7 Å². The number of benzene rings is 3. The number of ether oxygens (including phenoxy) is 2. The third-order valence-corrected chi connectivity index (χ3v) is 11.7. The number of rotatable bonds is 12. The number of carbonyl (C=O) groups excluding carboxylic acids is 3. The van der Waals surface area contributed by atoms with Crippen molar-refractivity contribution in [3.05, 3.63) is 89.1 Å². The highest BCUT2D eigenvalue weighted by molar-refractivity contribution is 7.92. The highest BCUT2D eigenvalue weighted by Crippen LogP contribution is 2.37. The smallest absolute Gasteiger partial charge is 0.425 e. The van der Waals surface area contributed by atoms with Crippen molar-refractivity contribution in [1.29, 1.82) is 0 Å². The van der Waals surface area contributed by atoms with Crippen LogP contribution in [0.5, 0.6) is 0 Å². The summed E-state index contributed by atoms with van der Waals surface area (Å²) in [6, 6.07) is 14.5. The maximum absolute atomic E-state index is 14.5. The Hall–Kier alpha value is -5.35. The van der Waals surface area contributed by atoms with Crippen LogP contribution in [0.1, 0.15) is 88.6 Å². The number of nitrogen functional groups attached to an aromatic ring is 1. The molecule has 0 aliphatic heterocycles. The number of carbonyl (C=O) groups is 3. The number of fused-ring (bicyclic) bond motifs is 1. The molecule has 1 unspecified atom stereocenters. The summed E-state index contributed by atoms with van der Waals surface area (Å²) in [6.07, 6.45) is -2.32. The second-order valence-corrected chi connectivity index (χ2v) is 18.7. The van der Waals surface area contributed by atoms with Gasteiger partial charge in [-0.1, -0.05) is 18.2 Å². The molecule has 4 N–H and O–H groups in total. The molecule has 0 bridgehead atoms. The second-order valence-electron chi connectivity index (χ2n) is 16.5.